The molecule has 1 unspecified atom stereocenters. The zero-order valence-electron chi connectivity index (χ0n) is 8.89. The molecule has 84 valence electrons. The summed E-state index contributed by atoms with van der Waals surface area (Å²) >= 11 is 0. The van der Waals surface area contributed by atoms with Crippen LogP contribution in [0.2, 0.25) is 0 Å². The minimum atomic E-state index is -0.626. The molecule has 2 amide bonds. The van der Waals surface area contributed by atoms with E-state index in [0.717, 1.165) is 30.7 Å². The minimum absolute atomic E-state index is 0.216. The van der Waals surface area contributed by atoms with E-state index >= 15 is 0 Å². The van der Waals surface area contributed by atoms with E-state index in [1.807, 2.05) is 18.2 Å². The van der Waals surface area contributed by atoms with Gasteiger partial charge in [0.1, 0.15) is 0 Å². The molecule has 1 aromatic rings. The summed E-state index contributed by atoms with van der Waals surface area (Å²) in [5.41, 5.74) is 9.23. The maximum absolute atomic E-state index is 10.6. The van der Waals surface area contributed by atoms with Crippen molar-refractivity contribution in [2.24, 2.45) is 10.8 Å². The first-order chi connectivity index (χ1) is 7.77. The molecule has 0 radical (unpaired) electrons. The molecule has 0 aliphatic heterocycles. The molecule has 0 saturated heterocycles. The highest BCUT2D eigenvalue weighted by Gasteiger charge is 2.25. The van der Waals surface area contributed by atoms with Crippen molar-refractivity contribution in [2.75, 3.05) is 0 Å². The number of carbonyl (C=O) groups is 1. The first kappa shape index (κ1) is 10.6. The van der Waals surface area contributed by atoms with Crippen LogP contribution in [0.25, 0.3) is 0 Å². The quantitative estimate of drug-likeness (QED) is 0.735. The molecule has 3 N–H and O–H groups in total. The summed E-state index contributed by atoms with van der Waals surface area (Å²) in [6.45, 7) is 0. The van der Waals surface area contributed by atoms with Crippen LogP contribution in [0.5, 0.6) is 0 Å². The topological polar surface area (TPSA) is 80.4 Å². The third-order valence-electron chi connectivity index (χ3n) is 2.68. The third kappa shape index (κ3) is 2.36. The first-order valence-corrected chi connectivity index (χ1v) is 5.30. The van der Waals surface area contributed by atoms with Crippen molar-refractivity contribution in [3.63, 3.8) is 0 Å². The molecule has 0 spiro atoms. The van der Waals surface area contributed by atoms with Gasteiger partial charge in [0.25, 0.3) is 0 Å². The van der Waals surface area contributed by atoms with Gasteiger partial charge in [0.2, 0.25) is 0 Å². The molecular weight excluding hydrogens is 204 g/mol. The van der Waals surface area contributed by atoms with Gasteiger partial charge in [-0.1, -0.05) is 6.07 Å². The van der Waals surface area contributed by atoms with Gasteiger partial charge in [-0.05, 0) is 31.4 Å². The Balaban J connectivity index is 2.15. The largest absolute Gasteiger partial charge is 0.350 e. The molecule has 0 bridgehead atoms. The molecule has 1 atom stereocenters. The van der Waals surface area contributed by atoms with Crippen LogP contribution >= 0.6 is 0 Å². The van der Waals surface area contributed by atoms with Gasteiger partial charge in [0.15, 0.2) is 0 Å². The number of hydrogen-bond donors (Lipinski definition) is 2. The van der Waals surface area contributed by atoms with E-state index in [1.54, 1.807) is 6.20 Å². The standard InChI is InChI=1S/C11H14N4O/c12-11(16)15-14-10-6-3-4-8(10)9-5-1-2-7-13-9/h1-2,5,7-8H,3-4,6H2,(H3,12,15,16)/b14-10+. The van der Waals surface area contributed by atoms with Gasteiger partial charge in [-0.3, -0.25) is 4.98 Å². The number of nitrogens with two attached hydrogens (primary N) is 1. The number of urea groups is 1. The molecule has 5 nitrogen and oxygen atoms in total. The van der Waals surface area contributed by atoms with Crippen molar-refractivity contribution in [2.45, 2.75) is 25.2 Å². The number of hydrogen-bond acceptors (Lipinski definition) is 3. The molecular formula is C11H14N4O. The average molecular weight is 218 g/mol. The van der Waals surface area contributed by atoms with Crippen molar-refractivity contribution < 1.29 is 4.79 Å². The number of amides is 2. The normalized spacial score (nSPS) is 22.2. The number of hydrazone groups is 1. The number of aromatic nitrogens is 1. The number of nitrogens with one attached hydrogen (secondary N) is 1. The van der Waals surface area contributed by atoms with E-state index in [4.69, 9.17) is 5.73 Å². The second kappa shape index (κ2) is 4.74. The fraction of sp³-hybridized carbons (Fsp3) is 0.364. The molecule has 1 aliphatic rings. The fourth-order valence-electron chi connectivity index (χ4n) is 1.99. The van der Waals surface area contributed by atoms with Crippen LogP contribution in [-0.4, -0.2) is 16.7 Å². The Bertz CT molecular complexity index is 402. The highest BCUT2D eigenvalue weighted by molar-refractivity contribution is 5.93. The van der Waals surface area contributed by atoms with E-state index in [-0.39, 0.29) is 5.92 Å². The molecule has 5 heteroatoms. The van der Waals surface area contributed by atoms with Gasteiger partial charge in [-0.2, -0.15) is 5.10 Å². The Kier molecular flexibility index (Phi) is 3.14. The number of pyridine rings is 1. The van der Waals surface area contributed by atoms with E-state index < -0.39 is 6.03 Å². The summed E-state index contributed by atoms with van der Waals surface area (Å²) < 4.78 is 0. The highest BCUT2D eigenvalue weighted by Crippen LogP contribution is 2.30. The van der Waals surface area contributed by atoms with Gasteiger partial charge in [0, 0.05) is 23.5 Å². The minimum Gasteiger partial charge on any atom is -0.350 e. The van der Waals surface area contributed by atoms with Crippen molar-refractivity contribution >= 4 is 11.7 Å². The zero-order valence-corrected chi connectivity index (χ0v) is 8.89. The van der Waals surface area contributed by atoms with Crippen molar-refractivity contribution in [3.05, 3.63) is 30.1 Å². The fourth-order valence-corrected chi connectivity index (χ4v) is 1.99. The Labute approximate surface area is 93.8 Å². The zero-order chi connectivity index (χ0) is 11.4. The number of rotatable bonds is 2. The molecule has 16 heavy (non-hydrogen) atoms. The van der Waals surface area contributed by atoms with Crippen LogP contribution in [0.15, 0.2) is 29.5 Å². The smallest absolute Gasteiger partial charge is 0.332 e. The van der Waals surface area contributed by atoms with Crippen molar-refractivity contribution in [1.29, 1.82) is 0 Å². The summed E-state index contributed by atoms with van der Waals surface area (Å²) in [5.74, 6) is 0.216. The van der Waals surface area contributed by atoms with Crippen LogP contribution in [0, 0.1) is 0 Å². The predicted molar refractivity (Wildman–Crippen MR) is 61.0 cm³/mol. The monoisotopic (exact) mass is 218 g/mol. The molecule has 1 heterocycles. The van der Waals surface area contributed by atoms with E-state index in [9.17, 15) is 4.79 Å². The SMILES string of the molecule is NC(=O)N/N=C1\CCCC1c1ccccn1. The van der Waals surface area contributed by atoms with Crippen molar-refractivity contribution in [1.82, 2.24) is 10.4 Å². The predicted octanol–water partition coefficient (Wildman–Crippen LogP) is 1.37. The number of carbonyl (C=O) groups excluding carboxylic acids is 1. The van der Waals surface area contributed by atoms with Gasteiger partial charge in [-0.25, -0.2) is 10.2 Å². The van der Waals surface area contributed by atoms with Crippen LogP contribution in [-0.2, 0) is 0 Å². The molecule has 2 rings (SSSR count). The summed E-state index contributed by atoms with van der Waals surface area (Å²) in [6, 6.07) is 5.20. The molecule has 1 saturated carbocycles. The van der Waals surface area contributed by atoms with Gasteiger partial charge in [0.05, 0.1) is 0 Å². The molecule has 1 aromatic heterocycles. The second-order valence-electron chi connectivity index (χ2n) is 3.78. The van der Waals surface area contributed by atoms with E-state index in [2.05, 4.69) is 15.5 Å². The number of nitrogens with zero attached hydrogens (tertiary/aromatic N) is 2. The van der Waals surface area contributed by atoms with Crippen LogP contribution in [0.1, 0.15) is 30.9 Å². The molecule has 0 aromatic carbocycles. The summed E-state index contributed by atoms with van der Waals surface area (Å²) in [7, 11) is 0. The molecule has 1 aliphatic carbocycles. The number of primary amides is 1. The molecule has 1 fully saturated rings. The van der Waals surface area contributed by atoms with Crippen LogP contribution in [0.3, 0.4) is 0 Å². The van der Waals surface area contributed by atoms with Crippen molar-refractivity contribution in [3.8, 4) is 0 Å². The lowest BCUT2D eigenvalue weighted by Crippen LogP contribution is -2.26. The summed E-state index contributed by atoms with van der Waals surface area (Å²) in [4.78, 5) is 14.9. The van der Waals surface area contributed by atoms with Crippen LogP contribution in [0.4, 0.5) is 4.79 Å². The van der Waals surface area contributed by atoms with Gasteiger partial charge >= 0.3 is 6.03 Å². The summed E-state index contributed by atoms with van der Waals surface area (Å²) in [6.07, 6.45) is 4.76. The lowest BCUT2D eigenvalue weighted by Gasteiger charge is -2.09. The van der Waals surface area contributed by atoms with Gasteiger partial charge < -0.3 is 5.73 Å². The highest BCUT2D eigenvalue weighted by atomic mass is 16.2. The average Bonchev–Trinajstić information content (AvgIpc) is 2.75. The maximum atomic E-state index is 10.6. The maximum Gasteiger partial charge on any atom is 0.332 e. The van der Waals surface area contributed by atoms with Crippen LogP contribution < -0.4 is 11.2 Å². The lowest BCUT2D eigenvalue weighted by molar-refractivity contribution is 0.249. The second-order valence-corrected chi connectivity index (χ2v) is 3.78. The Hall–Kier alpha value is -1.91. The first-order valence-electron chi connectivity index (χ1n) is 5.30. The van der Waals surface area contributed by atoms with E-state index in [1.165, 1.54) is 0 Å². The van der Waals surface area contributed by atoms with E-state index in [0.29, 0.717) is 0 Å². The Morgan fingerprint density at radius 2 is 2.44 bits per heavy atom. The Morgan fingerprint density at radius 1 is 1.56 bits per heavy atom. The summed E-state index contributed by atoms with van der Waals surface area (Å²) in [5, 5.41) is 4.03. The third-order valence-corrected chi connectivity index (χ3v) is 2.68. The Morgan fingerprint density at radius 3 is 3.12 bits per heavy atom. The van der Waals surface area contributed by atoms with Gasteiger partial charge in [-0.15, -0.1) is 0 Å². The lowest BCUT2D eigenvalue weighted by atomic mass is 10.0.